The number of rotatable bonds is 4. The van der Waals surface area contributed by atoms with Crippen molar-refractivity contribution in [3.63, 3.8) is 0 Å². The van der Waals surface area contributed by atoms with Crippen molar-refractivity contribution in [2.45, 2.75) is 38.6 Å². The van der Waals surface area contributed by atoms with E-state index in [0.717, 1.165) is 19.0 Å². The van der Waals surface area contributed by atoms with Crippen LogP contribution in [-0.4, -0.2) is 31.1 Å². The summed E-state index contributed by atoms with van der Waals surface area (Å²) in [5, 5.41) is 3.46. The van der Waals surface area contributed by atoms with E-state index in [0.29, 0.717) is 12.0 Å². The first kappa shape index (κ1) is 13.1. The van der Waals surface area contributed by atoms with Crippen LogP contribution >= 0.6 is 0 Å². The molecule has 1 atom stereocenters. The molecule has 1 unspecified atom stereocenters. The number of hydrogen-bond donors (Lipinski definition) is 1. The van der Waals surface area contributed by atoms with E-state index in [9.17, 15) is 0 Å². The lowest BCUT2D eigenvalue weighted by atomic mass is 9.95. The first-order valence-corrected chi connectivity index (χ1v) is 7.80. The molecule has 1 aliphatic carbocycles. The smallest absolute Gasteiger partial charge is 0.0377 e. The Hall–Kier alpha value is -0.860. The van der Waals surface area contributed by atoms with Gasteiger partial charge in [-0.15, -0.1) is 0 Å². The fraction of sp³-hybridized carbons (Fsp3) is 0.647. The Labute approximate surface area is 117 Å². The summed E-state index contributed by atoms with van der Waals surface area (Å²) in [5.41, 5.74) is 2.99. The quantitative estimate of drug-likeness (QED) is 0.892. The summed E-state index contributed by atoms with van der Waals surface area (Å²) in [4.78, 5) is 2.69. The SMILES string of the molecule is CC(C)c1ccc(C(C2CC2)N2CCNCC2)cc1. The molecule has 0 spiro atoms. The zero-order valence-corrected chi connectivity index (χ0v) is 12.2. The fourth-order valence-electron chi connectivity index (χ4n) is 3.23. The Balaban J connectivity index is 1.79. The molecule has 0 bridgehead atoms. The molecule has 2 nitrogen and oxygen atoms in total. The Morgan fingerprint density at radius 3 is 2.11 bits per heavy atom. The number of nitrogens with zero attached hydrogens (tertiary/aromatic N) is 1. The highest BCUT2D eigenvalue weighted by atomic mass is 15.2. The van der Waals surface area contributed by atoms with Crippen LogP contribution < -0.4 is 5.32 Å². The molecule has 0 amide bonds. The normalized spacial score (nSPS) is 22.7. The highest BCUT2D eigenvalue weighted by Gasteiger charge is 2.36. The van der Waals surface area contributed by atoms with Crippen LogP contribution in [0.25, 0.3) is 0 Å². The molecule has 19 heavy (non-hydrogen) atoms. The molecule has 0 aromatic heterocycles. The van der Waals surface area contributed by atoms with Gasteiger partial charge >= 0.3 is 0 Å². The summed E-state index contributed by atoms with van der Waals surface area (Å²) in [5.74, 6) is 1.54. The average Bonchev–Trinajstić information content (AvgIpc) is 3.25. The van der Waals surface area contributed by atoms with Crippen LogP contribution in [0.2, 0.25) is 0 Å². The molecule has 1 aliphatic heterocycles. The second-order valence-corrected chi connectivity index (χ2v) is 6.39. The van der Waals surface area contributed by atoms with Gasteiger partial charge in [0.05, 0.1) is 0 Å². The standard InChI is InChI=1S/C17H26N2/c1-13(2)14-3-5-15(6-4-14)17(16-7-8-16)19-11-9-18-10-12-19/h3-6,13,16-18H,7-12H2,1-2H3. The van der Waals surface area contributed by atoms with Crippen LogP contribution in [0, 0.1) is 5.92 Å². The number of hydrogen-bond acceptors (Lipinski definition) is 2. The van der Waals surface area contributed by atoms with Crippen molar-refractivity contribution in [2.75, 3.05) is 26.2 Å². The third-order valence-corrected chi connectivity index (χ3v) is 4.56. The van der Waals surface area contributed by atoms with Gasteiger partial charge in [0, 0.05) is 32.2 Å². The number of piperazine rings is 1. The van der Waals surface area contributed by atoms with E-state index < -0.39 is 0 Å². The van der Waals surface area contributed by atoms with Crippen molar-refractivity contribution >= 4 is 0 Å². The largest absolute Gasteiger partial charge is 0.314 e. The summed E-state index contributed by atoms with van der Waals surface area (Å²) < 4.78 is 0. The first-order chi connectivity index (χ1) is 9.25. The van der Waals surface area contributed by atoms with E-state index in [-0.39, 0.29) is 0 Å². The molecule has 3 rings (SSSR count). The van der Waals surface area contributed by atoms with E-state index in [2.05, 4.69) is 48.3 Å². The molecule has 1 heterocycles. The van der Waals surface area contributed by atoms with Gasteiger partial charge < -0.3 is 5.32 Å². The molecule has 1 saturated heterocycles. The zero-order valence-electron chi connectivity index (χ0n) is 12.2. The molecule has 1 N–H and O–H groups in total. The Bertz CT molecular complexity index is 400. The van der Waals surface area contributed by atoms with Crippen molar-refractivity contribution in [3.8, 4) is 0 Å². The predicted octanol–water partition coefficient (Wildman–Crippen LogP) is 3.17. The number of benzene rings is 1. The molecule has 104 valence electrons. The Morgan fingerprint density at radius 1 is 1.00 bits per heavy atom. The monoisotopic (exact) mass is 258 g/mol. The van der Waals surface area contributed by atoms with Crippen LogP contribution in [0.4, 0.5) is 0 Å². The lowest BCUT2D eigenvalue weighted by molar-refractivity contribution is 0.156. The van der Waals surface area contributed by atoms with E-state index in [1.807, 2.05) is 0 Å². The van der Waals surface area contributed by atoms with E-state index in [4.69, 9.17) is 0 Å². The minimum atomic E-state index is 0.632. The molecule has 1 aromatic rings. The average molecular weight is 258 g/mol. The predicted molar refractivity (Wildman–Crippen MR) is 80.4 cm³/mol. The van der Waals surface area contributed by atoms with Crippen LogP contribution in [-0.2, 0) is 0 Å². The minimum Gasteiger partial charge on any atom is -0.314 e. The van der Waals surface area contributed by atoms with Gasteiger partial charge in [-0.1, -0.05) is 38.1 Å². The summed E-state index contributed by atoms with van der Waals surface area (Å²) in [7, 11) is 0. The summed E-state index contributed by atoms with van der Waals surface area (Å²) in [6.45, 7) is 9.23. The van der Waals surface area contributed by atoms with Crippen molar-refractivity contribution in [3.05, 3.63) is 35.4 Å². The Morgan fingerprint density at radius 2 is 1.58 bits per heavy atom. The van der Waals surface area contributed by atoms with Gasteiger partial charge in [-0.05, 0) is 35.8 Å². The van der Waals surface area contributed by atoms with Crippen LogP contribution in [0.15, 0.2) is 24.3 Å². The lowest BCUT2D eigenvalue weighted by Crippen LogP contribution is -2.45. The lowest BCUT2D eigenvalue weighted by Gasteiger charge is -2.35. The third-order valence-electron chi connectivity index (χ3n) is 4.56. The zero-order chi connectivity index (χ0) is 13.2. The topological polar surface area (TPSA) is 15.3 Å². The highest BCUT2D eigenvalue weighted by molar-refractivity contribution is 5.28. The Kier molecular flexibility index (Phi) is 3.90. The molecule has 0 radical (unpaired) electrons. The van der Waals surface area contributed by atoms with Crippen LogP contribution in [0.1, 0.15) is 49.8 Å². The van der Waals surface area contributed by atoms with Crippen molar-refractivity contribution in [1.29, 1.82) is 0 Å². The maximum atomic E-state index is 3.46. The van der Waals surface area contributed by atoms with Gasteiger partial charge in [0.15, 0.2) is 0 Å². The van der Waals surface area contributed by atoms with E-state index >= 15 is 0 Å². The summed E-state index contributed by atoms with van der Waals surface area (Å²) >= 11 is 0. The fourth-order valence-corrected chi connectivity index (χ4v) is 3.23. The van der Waals surface area contributed by atoms with Crippen LogP contribution in [0.5, 0.6) is 0 Å². The van der Waals surface area contributed by atoms with E-state index in [1.54, 1.807) is 0 Å². The second kappa shape index (κ2) is 5.64. The van der Waals surface area contributed by atoms with Gasteiger partial charge in [0.2, 0.25) is 0 Å². The minimum absolute atomic E-state index is 0.632. The van der Waals surface area contributed by atoms with Crippen molar-refractivity contribution in [1.82, 2.24) is 10.2 Å². The molecule has 2 aliphatic rings. The molecule has 2 heteroatoms. The van der Waals surface area contributed by atoms with Crippen molar-refractivity contribution < 1.29 is 0 Å². The van der Waals surface area contributed by atoms with Gasteiger partial charge in [0.1, 0.15) is 0 Å². The third kappa shape index (κ3) is 3.01. The first-order valence-electron chi connectivity index (χ1n) is 7.80. The molecular weight excluding hydrogens is 232 g/mol. The van der Waals surface area contributed by atoms with Gasteiger partial charge in [-0.2, -0.15) is 0 Å². The molecule has 2 fully saturated rings. The van der Waals surface area contributed by atoms with Gasteiger partial charge in [-0.25, -0.2) is 0 Å². The summed E-state index contributed by atoms with van der Waals surface area (Å²) in [6, 6.07) is 10.1. The highest BCUT2D eigenvalue weighted by Crippen LogP contribution is 2.44. The molecule has 1 aromatic carbocycles. The van der Waals surface area contributed by atoms with Crippen LogP contribution in [0.3, 0.4) is 0 Å². The van der Waals surface area contributed by atoms with Gasteiger partial charge in [0.25, 0.3) is 0 Å². The summed E-state index contributed by atoms with van der Waals surface area (Å²) in [6.07, 6.45) is 2.83. The maximum Gasteiger partial charge on any atom is 0.0377 e. The number of nitrogens with one attached hydrogen (secondary N) is 1. The van der Waals surface area contributed by atoms with Crippen molar-refractivity contribution in [2.24, 2.45) is 5.92 Å². The second-order valence-electron chi connectivity index (χ2n) is 6.39. The molecule has 1 saturated carbocycles. The maximum absolute atomic E-state index is 3.46. The van der Waals surface area contributed by atoms with Gasteiger partial charge in [-0.3, -0.25) is 4.90 Å². The van der Waals surface area contributed by atoms with E-state index in [1.165, 1.54) is 37.1 Å². The molecular formula is C17H26N2.